The average Bonchev–Trinajstić information content (AvgIpc) is 3.04. The van der Waals surface area contributed by atoms with Crippen LogP contribution in [0.4, 0.5) is 0 Å². The van der Waals surface area contributed by atoms with Gasteiger partial charge in [-0.15, -0.1) is 11.6 Å². The molecule has 0 atom stereocenters. The van der Waals surface area contributed by atoms with Crippen LogP contribution >= 0.6 is 11.6 Å². The van der Waals surface area contributed by atoms with Gasteiger partial charge in [0.25, 0.3) is 0 Å². The summed E-state index contributed by atoms with van der Waals surface area (Å²) in [6.07, 6.45) is 4.50. The highest BCUT2D eigenvalue weighted by molar-refractivity contribution is 6.17. The van der Waals surface area contributed by atoms with Crippen LogP contribution in [-0.2, 0) is 56.8 Å². The lowest BCUT2D eigenvalue weighted by Gasteiger charge is -2.09. The zero-order valence-corrected chi connectivity index (χ0v) is 27.8. The summed E-state index contributed by atoms with van der Waals surface area (Å²) in [5, 5.41) is 0. The first kappa shape index (κ1) is 43.8. The normalized spacial score (nSPS) is 11.6. The second-order valence-corrected chi connectivity index (χ2v) is 9.62. The first-order valence-electron chi connectivity index (χ1n) is 16.1. The Morgan fingerprint density at radius 3 is 0.682 bits per heavy atom. The summed E-state index contributed by atoms with van der Waals surface area (Å²) < 4.78 is 65.3. The lowest BCUT2D eigenvalue weighted by atomic mass is 10.2. The second kappa shape index (κ2) is 42.8. The van der Waals surface area contributed by atoms with Gasteiger partial charge in [0.05, 0.1) is 152 Å². The molecular formula is C30H62ClNO12. The Balaban J connectivity index is 3.03. The molecule has 0 aliphatic heterocycles. The number of alkyl halides is 1. The second-order valence-electron chi connectivity index (χ2n) is 9.24. The molecule has 14 heteroatoms. The molecule has 0 fully saturated rings. The molecule has 0 aromatic heterocycles. The Morgan fingerprint density at radius 2 is 0.455 bits per heavy atom. The van der Waals surface area contributed by atoms with Crippen LogP contribution in [0.2, 0.25) is 0 Å². The fraction of sp³-hybridized carbons (Fsp3) is 1.00. The third-order valence-corrected chi connectivity index (χ3v) is 5.79. The summed E-state index contributed by atoms with van der Waals surface area (Å²) in [6.45, 7) is 13.6. The smallest absolute Gasteiger partial charge is 0.0701 e. The molecule has 44 heavy (non-hydrogen) atoms. The summed E-state index contributed by atoms with van der Waals surface area (Å²) in [6, 6.07) is 0. The molecule has 0 saturated heterocycles. The molecule has 0 aliphatic rings. The Hall–Kier alpha value is -0.230. The van der Waals surface area contributed by atoms with E-state index in [1.165, 1.54) is 12.8 Å². The van der Waals surface area contributed by atoms with E-state index in [0.717, 1.165) is 25.3 Å². The standard InChI is InChI=1S/C30H62ClNO12/c31-5-3-1-2-4-7-33-9-11-35-13-15-37-17-19-39-21-23-41-25-27-43-29-30-44-28-26-42-24-22-40-20-18-38-16-14-36-12-10-34-8-6-32/h1-30,32H2. The van der Waals surface area contributed by atoms with Crippen LogP contribution in [-0.4, -0.2) is 171 Å². The Morgan fingerprint density at radius 1 is 0.250 bits per heavy atom. The van der Waals surface area contributed by atoms with Crippen LogP contribution in [0.5, 0.6) is 0 Å². The van der Waals surface area contributed by atoms with Crippen LogP contribution in [0.1, 0.15) is 25.7 Å². The molecular weight excluding hydrogens is 602 g/mol. The van der Waals surface area contributed by atoms with Crippen LogP contribution in [0, 0.1) is 0 Å². The van der Waals surface area contributed by atoms with Crippen molar-refractivity contribution < 1.29 is 56.8 Å². The summed E-state index contributed by atoms with van der Waals surface area (Å²) in [7, 11) is 0. The molecule has 266 valence electrons. The van der Waals surface area contributed by atoms with Crippen LogP contribution in [0.3, 0.4) is 0 Å². The zero-order chi connectivity index (χ0) is 31.7. The van der Waals surface area contributed by atoms with E-state index in [2.05, 4.69) is 0 Å². The number of hydrogen-bond acceptors (Lipinski definition) is 13. The van der Waals surface area contributed by atoms with Gasteiger partial charge in [0, 0.05) is 19.0 Å². The van der Waals surface area contributed by atoms with E-state index in [1.807, 2.05) is 0 Å². The highest BCUT2D eigenvalue weighted by Gasteiger charge is 1.97. The predicted octanol–water partition coefficient (Wildman–Crippen LogP) is 1.94. The minimum absolute atomic E-state index is 0.513. The fourth-order valence-corrected chi connectivity index (χ4v) is 3.45. The summed E-state index contributed by atoms with van der Waals surface area (Å²) in [5.74, 6) is 0.743. The molecule has 0 aromatic carbocycles. The number of ether oxygens (including phenoxy) is 12. The van der Waals surface area contributed by atoms with E-state index in [0.29, 0.717) is 159 Å². The first-order chi connectivity index (χ1) is 21.9. The molecule has 0 unspecified atom stereocenters. The van der Waals surface area contributed by atoms with E-state index in [9.17, 15) is 0 Å². The van der Waals surface area contributed by atoms with Gasteiger partial charge < -0.3 is 62.6 Å². The number of halogens is 1. The molecule has 0 bridgehead atoms. The van der Waals surface area contributed by atoms with E-state index in [-0.39, 0.29) is 0 Å². The molecule has 0 radical (unpaired) electrons. The minimum atomic E-state index is 0.513. The molecule has 0 amide bonds. The van der Waals surface area contributed by atoms with Crippen molar-refractivity contribution >= 4 is 11.6 Å². The first-order valence-corrected chi connectivity index (χ1v) is 16.6. The van der Waals surface area contributed by atoms with E-state index < -0.39 is 0 Å². The van der Waals surface area contributed by atoms with E-state index >= 15 is 0 Å². The monoisotopic (exact) mass is 663 g/mol. The van der Waals surface area contributed by atoms with Crippen molar-refractivity contribution in [2.24, 2.45) is 5.73 Å². The van der Waals surface area contributed by atoms with Gasteiger partial charge in [-0.05, 0) is 12.8 Å². The molecule has 0 saturated carbocycles. The Bertz CT molecular complexity index is 461. The maximum Gasteiger partial charge on any atom is 0.0701 e. The SMILES string of the molecule is NCCOCCOCCOCCOCCOCCOCCOCCOCCOCCOCCOCCOCCCCCCCl. The van der Waals surface area contributed by atoms with Gasteiger partial charge in [0.1, 0.15) is 0 Å². The molecule has 0 heterocycles. The summed E-state index contributed by atoms with van der Waals surface area (Å²) in [4.78, 5) is 0. The van der Waals surface area contributed by atoms with Crippen molar-refractivity contribution in [1.82, 2.24) is 0 Å². The van der Waals surface area contributed by atoms with Crippen molar-refractivity contribution in [3.05, 3.63) is 0 Å². The molecule has 13 nitrogen and oxygen atoms in total. The molecule has 2 N–H and O–H groups in total. The average molecular weight is 664 g/mol. The Kier molecular flexibility index (Phi) is 42.5. The van der Waals surface area contributed by atoms with E-state index in [1.54, 1.807) is 0 Å². The van der Waals surface area contributed by atoms with Gasteiger partial charge in [0.15, 0.2) is 0 Å². The van der Waals surface area contributed by atoms with Crippen LogP contribution in [0.15, 0.2) is 0 Å². The molecule has 0 rings (SSSR count). The third-order valence-electron chi connectivity index (χ3n) is 5.53. The fourth-order valence-electron chi connectivity index (χ4n) is 3.26. The number of unbranched alkanes of at least 4 members (excludes halogenated alkanes) is 3. The van der Waals surface area contributed by atoms with Gasteiger partial charge in [-0.1, -0.05) is 12.8 Å². The summed E-state index contributed by atoms with van der Waals surface area (Å²) in [5.41, 5.74) is 5.33. The van der Waals surface area contributed by atoms with Crippen molar-refractivity contribution in [2.75, 3.05) is 171 Å². The van der Waals surface area contributed by atoms with Crippen molar-refractivity contribution in [1.29, 1.82) is 0 Å². The lowest BCUT2D eigenvalue weighted by Crippen LogP contribution is -2.15. The van der Waals surface area contributed by atoms with Crippen molar-refractivity contribution in [2.45, 2.75) is 25.7 Å². The largest absolute Gasteiger partial charge is 0.379 e. The lowest BCUT2D eigenvalue weighted by molar-refractivity contribution is -0.0283. The van der Waals surface area contributed by atoms with Gasteiger partial charge in [0.2, 0.25) is 0 Å². The maximum atomic E-state index is 5.65. The number of nitrogens with two attached hydrogens (primary N) is 1. The van der Waals surface area contributed by atoms with Crippen molar-refractivity contribution in [3.8, 4) is 0 Å². The molecule has 0 spiro atoms. The summed E-state index contributed by atoms with van der Waals surface area (Å²) >= 11 is 5.65. The van der Waals surface area contributed by atoms with E-state index in [4.69, 9.17) is 74.2 Å². The topological polar surface area (TPSA) is 137 Å². The van der Waals surface area contributed by atoms with Gasteiger partial charge in [-0.2, -0.15) is 0 Å². The van der Waals surface area contributed by atoms with Crippen LogP contribution in [0.25, 0.3) is 0 Å². The molecule has 0 aliphatic carbocycles. The van der Waals surface area contributed by atoms with Gasteiger partial charge in [-0.3, -0.25) is 0 Å². The Labute approximate surface area is 270 Å². The highest BCUT2D eigenvalue weighted by atomic mass is 35.5. The highest BCUT2D eigenvalue weighted by Crippen LogP contribution is 2.01. The number of rotatable bonds is 41. The number of hydrogen-bond donors (Lipinski definition) is 1. The zero-order valence-electron chi connectivity index (χ0n) is 27.1. The van der Waals surface area contributed by atoms with Gasteiger partial charge in [-0.25, -0.2) is 0 Å². The molecule has 0 aromatic rings. The minimum Gasteiger partial charge on any atom is -0.379 e. The van der Waals surface area contributed by atoms with Crippen LogP contribution < -0.4 is 5.73 Å². The quantitative estimate of drug-likeness (QED) is 0.0754. The third kappa shape index (κ3) is 41.8. The predicted molar refractivity (Wildman–Crippen MR) is 168 cm³/mol. The van der Waals surface area contributed by atoms with Gasteiger partial charge >= 0.3 is 0 Å². The maximum absolute atomic E-state index is 5.65. The van der Waals surface area contributed by atoms with Crippen molar-refractivity contribution in [3.63, 3.8) is 0 Å².